The maximum Gasteiger partial charge on any atom is 0.416 e. The number of benzene rings is 1. The van der Waals surface area contributed by atoms with Gasteiger partial charge in [-0.3, -0.25) is 0 Å². The number of aliphatic hydroxyl groups is 1. The first kappa shape index (κ1) is 15.6. The summed E-state index contributed by atoms with van der Waals surface area (Å²) >= 11 is 3.15. The number of rotatable bonds is 3. The number of nitrogens with one attached hydrogen (secondary N) is 1. The Morgan fingerprint density at radius 3 is 2.55 bits per heavy atom. The summed E-state index contributed by atoms with van der Waals surface area (Å²) in [6.07, 6.45) is -0.753. The zero-order valence-corrected chi connectivity index (χ0v) is 12.5. The third-order valence-electron chi connectivity index (χ3n) is 3.72. The van der Waals surface area contributed by atoms with Gasteiger partial charge in [-0.2, -0.15) is 13.2 Å². The van der Waals surface area contributed by atoms with Gasteiger partial charge in [0.05, 0.1) is 11.7 Å². The van der Waals surface area contributed by atoms with Gasteiger partial charge in [-0.25, -0.2) is 0 Å². The Morgan fingerprint density at radius 1 is 1.25 bits per heavy atom. The molecule has 0 radical (unpaired) electrons. The van der Waals surface area contributed by atoms with Gasteiger partial charge in [0.2, 0.25) is 0 Å². The molecular weight excluding hydrogens is 335 g/mol. The third-order valence-corrected chi connectivity index (χ3v) is 4.38. The highest BCUT2D eigenvalue weighted by Crippen LogP contribution is 2.34. The molecule has 2 N–H and O–H groups in total. The van der Waals surface area contributed by atoms with E-state index >= 15 is 0 Å². The second-order valence-corrected chi connectivity index (χ2v) is 6.04. The average Bonchev–Trinajstić information content (AvgIpc) is 2.38. The molecule has 0 amide bonds. The van der Waals surface area contributed by atoms with Gasteiger partial charge in [-0.1, -0.05) is 12.8 Å². The highest BCUT2D eigenvalue weighted by atomic mass is 79.9. The Hall–Kier alpha value is -0.750. The molecule has 0 spiro atoms. The molecule has 1 fully saturated rings. The van der Waals surface area contributed by atoms with Crippen molar-refractivity contribution >= 4 is 21.6 Å². The Bertz CT molecular complexity index is 464. The molecular formula is C14H17BrF3NO. The summed E-state index contributed by atoms with van der Waals surface area (Å²) in [6, 6.07) is 3.55. The molecule has 112 valence electrons. The van der Waals surface area contributed by atoms with Crippen LogP contribution in [0.5, 0.6) is 0 Å². The standard InChI is InChI=1S/C14H17BrF3NO/c15-11-7-10(14(16,17)18)5-6-12(11)19-8-9-3-1-2-4-13(9)20/h5-7,9,13,19-20H,1-4,8H2. The van der Waals surface area contributed by atoms with Gasteiger partial charge in [0.15, 0.2) is 0 Å². The monoisotopic (exact) mass is 351 g/mol. The van der Waals surface area contributed by atoms with Crippen LogP contribution in [0.4, 0.5) is 18.9 Å². The number of aliphatic hydroxyl groups excluding tert-OH is 1. The highest BCUT2D eigenvalue weighted by molar-refractivity contribution is 9.10. The Labute approximate surface area is 124 Å². The number of alkyl halides is 3. The van der Waals surface area contributed by atoms with Gasteiger partial charge >= 0.3 is 6.18 Å². The van der Waals surface area contributed by atoms with Crippen LogP contribution in [0.15, 0.2) is 22.7 Å². The number of anilines is 1. The van der Waals surface area contributed by atoms with Crippen molar-refractivity contribution in [2.24, 2.45) is 5.92 Å². The summed E-state index contributed by atoms with van der Waals surface area (Å²) in [5, 5.41) is 13.0. The predicted octanol–water partition coefficient (Wildman–Crippen LogP) is 4.43. The van der Waals surface area contributed by atoms with Crippen LogP contribution in [0.2, 0.25) is 0 Å². The molecule has 1 aliphatic carbocycles. The second kappa shape index (κ2) is 6.35. The first-order valence-corrected chi connectivity index (χ1v) is 7.46. The van der Waals surface area contributed by atoms with Crippen LogP contribution in [-0.4, -0.2) is 17.8 Å². The lowest BCUT2D eigenvalue weighted by Gasteiger charge is -2.28. The van der Waals surface area contributed by atoms with Crippen molar-refractivity contribution in [3.05, 3.63) is 28.2 Å². The summed E-state index contributed by atoms with van der Waals surface area (Å²) < 4.78 is 38.0. The fraction of sp³-hybridized carbons (Fsp3) is 0.571. The van der Waals surface area contributed by atoms with Gasteiger partial charge in [0.1, 0.15) is 0 Å². The molecule has 2 atom stereocenters. The van der Waals surface area contributed by atoms with E-state index in [1.165, 1.54) is 6.07 Å². The minimum atomic E-state index is -4.33. The van der Waals surface area contributed by atoms with E-state index in [1.807, 2.05) is 0 Å². The average molecular weight is 352 g/mol. The molecule has 1 aromatic carbocycles. The summed E-state index contributed by atoms with van der Waals surface area (Å²) in [4.78, 5) is 0. The molecule has 0 aliphatic heterocycles. The Kier molecular flexibility index (Phi) is 4.96. The number of hydrogen-bond donors (Lipinski definition) is 2. The minimum Gasteiger partial charge on any atom is -0.393 e. The minimum absolute atomic E-state index is 0.165. The van der Waals surface area contributed by atoms with Crippen LogP contribution in [0.1, 0.15) is 31.2 Å². The lowest BCUT2D eigenvalue weighted by atomic mass is 9.86. The molecule has 1 saturated carbocycles. The lowest BCUT2D eigenvalue weighted by Crippen LogP contribution is -2.30. The zero-order chi connectivity index (χ0) is 14.8. The molecule has 0 bridgehead atoms. The van der Waals surface area contributed by atoms with Crippen LogP contribution < -0.4 is 5.32 Å². The first-order valence-electron chi connectivity index (χ1n) is 6.66. The molecule has 2 rings (SSSR count). The van der Waals surface area contributed by atoms with E-state index in [2.05, 4.69) is 21.2 Å². The van der Waals surface area contributed by atoms with Crippen molar-refractivity contribution in [2.75, 3.05) is 11.9 Å². The Balaban J connectivity index is 1.99. The zero-order valence-electron chi connectivity index (χ0n) is 10.9. The van der Waals surface area contributed by atoms with Gasteiger partial charge in [0.25, 0.3) is 0 Å². The van der Waals surface area contributed by atoms with E-state index in [4.69, 9.17) is 0 Å². The second-order valence-electron chi connectivity index (χ2n) is 5.19. The normalized spacial score (nSPS) is 23.6. The molecule has 2 unspecified atom stereocenters. The van der Waals surface area contributed by atoms with E-state index in [0.717, 1.165) is 37.8 Å². The van der Waals surface area contributed by atoms with Crippen molar-refractivity contribution in [2.45, 2.75) is 38.0 Å². The topological polar surface area (TPSA) is 32.3 Å². The quantitative estimate of drug-likeness (QED) is 0.844. The fourth-order valence-electron chi connectivity index (χ4n) is 2.50. The van der Waals surface area contributed by atoms with Crippen LogP contribution in [-0.2, 0) is 6.18 Å². The van der Waals surface area contributed by atoms with Crippen LogP contribution in [0.25, 0.3) is 0 Å². The smallest absolute Gasteiger partial charge is 0.393 e. The summed E-state index contributed by atoms with van der Waals surface area (Å²) in [5.74, 6) is 0.165. The van der Waals surface area contributed by atoms with E-state index in [1.54, 1.807) is 0 Å². The molecule has 2 nitrogen and oxygen atoms in total. The molecule has 20 heavy (non-hydrogen) atoms. The lowest BCUT2D eigenvalue weighted by molar-refractivity contribution is -0.137. The molecule has 1 aliphatic rings. The van der Waals surface area contributed by atoms with Gasteiger partial charge in [-0.05, 0) is 47.0 Å². The molecule has 0 heterocycles. The van der Waals surface area contributed by atoms with Crippen molar-refractivity contribution in [3.8, 4) is 0 Å². The van der Waals surface area contributed by atoms with E-state index in [0.29, 0.717) is 16.7 Å². The van der Waals surface area contributed by atoms with Crippen molar-refractivity contribution < 1.29 is 18.3 Å². The first-order chi connectivity index (χ1) is 9.38. The van der Waals surface area contributed by atoms with Gasteiger partial charge in [0, 0.05) is 22.6 Å². The van der Waals surface area contributed by atoms with Crippen LogP contribution in [0.3, 0.4) is 0 Å². The number of halogens is 4. The third kappa shape index (κ3) is 3.88. The van der Waals surface area contributed by atoms with Crippen LogP contribution in [0, 0.1) is 5.92 Å². The summed E-state index contributed by atoms with van der Waals surface area (Å²) in [7, 11) is 0. The van der Waals surface area contributed by atoms with E-state index in [-0.39, 0.29) is 12.0 Å². The maximum atomic E-state index is 12.6. The molecule has 0 aromatic heterocycles. The highest BCUT2D eigenvalue weighted by Gasteiger charge is 2.31. The van der Waals surface area contributed by atoms with Gasteiger partial charge < -0.3 is 10.4 Å². The predicted molar refractivity (Wildman–Crippen MR) is 75.6 cm³/mol. The van der Waals surface area contributed by atoms with Crippen LogP contribution >= 0.6 is 15.9 Å². The van der Waals surface area contributed by atoms with Gasteiger partial charge in [-0.15, -0.1) is 0 Å². The number of hydrogen-bond acceptors (Lipinski definition) is 2. The fourth-order valence-corrected chi connectivity index (χ4v) is 3.02. The van der Waals surface area contributed by atoms with Crippen molar-refractivity contribution in [1.29, 1.82) is 0 Å². The molecule has 1 aromatic rings. The molecule has 6 heteroatoms. The SMILES string of the molecule is OC1CCCCC1CNc1ccc(C(F)(F)F)cc1Br. The van der Waals surface area contributed by atoms with E-state index in [9.17, 15) is 18.3 Å². The summed E-state index contributed by atoms with van der Waals surface area (Å²) in [5.41, 5.74) is -0.0524. The van der Waals surface area contributed by atoms with E-state index < -0.39 is 11.7 Å². The maximum absolute atomic E-state index is 12.6. The summed E-state index contributed by atoms with van der Waals surface area (Å²) in [6.45, 7) is 0.575. The van der Waals surface area contributed by atoms with Crippen molar-refractivity contribution in [1.82, 2.24) is 0 Å². The Morgan fingerprint density at radius 2 is 1.95 bits per heavy atom. The largest absolute Gasteiger partial charge is 0.416 e. The van der Waals surface area contributed by atoms with Crippen molar-refractivity contribution in [3.63, 3.8) is 0 Å². The molecule has 0 saturated heterocycles.